The summed E-state index contributed by atoms with van der Waals surface area (Å²) in [5.74, 6) is 0. The molecule has 3 saturated heterocycles. The van der Waals surface area contributed by atoms with Crippen LogP contribution >= 0.6 is 0 Å². The monoisotopic (exact) mass is 528 g/mol. The van der Waals surface area contributed by atoms with E-state index in [4.69, 9.17) is 14.2 Å². The molecule has 12 heteroatoms. The van der Waals surface area contributed by atoms with Crippen LogP contribution in [-0.2, 0) is 14.2 Å². The fourth-order valence-electron chi connectivity index (χ4n) is 4.42. The van der Waals surface area contributed by atoms with Gasteiger partial charge in [-0.1, -0.05) is 20.8 Å². The summed E-state index contributed by atoms with van der Waals surface area (Å²) in [5.41, 5.74) is 0. The molecule has 9 N–H and O–H groups in total. The topological polar surface area (TPSA) is 210 Å². The van der Waals surface area contributed by atoms with E-state index >= 15 is 0 Å². The second-order valence-corrected chi connectivity index (χ2v) is 9.78. The highest BCUT2D eigenvalue weighted by Crippen LogP contribution is 2.24. The fourth-order valence-corrected chi connectivity index (χ4v) is 4.42. The van der Waals surface area contributed by atoms with Crippen LogP contribution in [0.25, 0.3) is 0 Å². The summed E-state index contributed by atoms with van der Waals surface area (Å²) in [6, 6.07) is 0. The van der Waals surface area contributed by atoms with Crippen molar-refractivity contribution in [3.8, 4) is 0 Å². The first kappa shape index (κ1) is 33.5. The minimum absolute atomic E-state index is 0.363. The molecule has 0 aromatic heterocycles. The van der Waals surface area contributed by atoms with Crippen LogP contribution < -0.4 is 0 Å². The summed E-state index contributed by atoms with van der Waals surface area (Å²) in [5, 5.41) is 84.1. The quantitative estimate of drug-likeness (QED) is 0.191. The third-order valence-electron chi connectivity index (χ3n) is 7.06. The molecule has 6 unspecified atom stereocenters. The van der Waals surface area contributed by atoms with Crippen molar-refractivity contribution in [2.75, 3.05) is 0 Å². The maximum atomic E-state index is 9.39. The van der Waals surface area contributed by atoms with E-state index in [2.05, 4.69) is 0 Å². The predicted molar refractivity (Wildman–Crippen MR) is 128 cm³/mol. The van der Waals surface area contributed by atoms with Gasteiger partial charge in [-0.15, -0.1) is 0 Å². The second-order valence-electron chi connectivity index (χ2n) is 9.78. The highest BCUT2D eigenvalue weighted by Gasteiger charge is 2.42. The zero-order valence-electron chi connectivity index (χ0n) is 22.0. The van der Waals surface area contributed by atoms with E-state index in [0.717, 1.165) is 0 Å². The number of ether oxygens (including phenoxy) is 3. The Morgan fingerprint density at radius 2 is 0.556 bits per heavy atom. The van der Waals surface area contributed by atoms with Gasteiger partial charge in [0.15, 0.2) is 0 Å². The standard InChI is InChI=1S/3C8H16O4/c3*1-3-5-7(10)8(11)6(9)4(2)12-5/h3*4-11H,3H2,1-2H3/t2*4-,5?,6?,7+,8-;4-,5?,6?,7-,8+/m001/s1. The van der Waals surface area contributed by atoms with Crippen molar-refractivity contribution in [3.63, 3.8) is 0 Å². The van der Waals surface area contributed by atoms with E-state index in [1.807, 2.05) is 20.8 Å². The summed E-state index contributed by atoms with van der Waals surface area (Å²) in [4.78, 5) is 0. The minimum atomic E-state index is -1.08. The second kappa shape index (κ2) is 15.2. The van der Waals surface area contributed by atoms with Crippen LogP contribution in [0.4, 0.5) is 0 Å². The normalized spacial score (nSPS) is 49.2. The van der Waals surface area contributed by atoms with Crippen LogP contribution in [0.2, 0.25) is 0 Å². The van der Waals surface area contributed by atoms with Gasteiger partial charge in [-0.05, 0) is 40.0 Å². The Kier molecular flexibility index (Phi) is 14.2. The van der Waals surface area contributed by atoms with Gasteiger partial charge in [-0.3, -0.25) is 0 Å². The molecule has 12 nitrogen and oxygen atoms in total. The third-order valence-corrected chi connectivity index (χ3v) is 7.06. The fraction of sp³-hybridized carbons (Fsp3) is 1.00. The Labute approximate surface area is 213 Å². The number of aliphatic hydroxyl groups excluding tert-OH is 9. The molecule has 216 valence electrons. The molecule has 15 atom stereocenters. The van der Waals surface area contributed by atoms with Crippen LogP contribution in [-0.4, -0.2) is 138 Å². The molecule has 0 aromatic rings. The summed E-state index contributed by atoms with van der Waals surface area (Å²) in [6.45, 7) is 10.6. The summed E-state index contributed by atoms with van der Waals surface area (Å²) >= 11 is 0. The molecule has 3 heterocycles. The van der Waals surface area contributed by atoms with Crippen LogP contribution in [0.1, 0.15) is 60.8 Å². The van der Waals surface area contributed by atoms with Gasteiger partial charge in [0.1, 0.15) is 54.9 Å². The Hall–Kier alpha value is -0.480. The Morgan fingerprint density at radius 1 is 0.361 bits per heavy atom. The molecule has 0 spiro atoms. The lowest BCUT2D eigenvalue weighted by Crippen LogP contribution is -2.56. The lowest BCUT2D eigenvalue weighted by molar-refractivity contribution is -0.217. The van der Waals surface area contributed by atoms with Gasteiger partial charge in [0.2, 0.25) is 0 Å². The largest absolute Gasteiger partial charge is 0.388 e. The van der Waals surface area contributed by atoms with E-state index in [-0.39, 0.29) is 18.3 Å². The maximum absolute atomic E-state index is 9.39. The molecular weight excluding hydrogens is 480 g/mol. The number of rotatable bonds is 3. The number of hydrogen-bond acceptors (Lipinski definition) is 12. The van der Waals surface area contributed by atoms with Gasteiger partial charge in [-0.2, -0.15) is 0 Å². The molecule has 3 aliphatic heterocycles. The minimum Gasteiger partial charge on any atom is -0.388 e. The SMILES string of the molecule is CCC1O[C@@H](C)C(O)[C@H](O)[C@@H]1O.CCC1O[C@@H](C)C(O)[C@H](O)[C@@H]1O.CCC1O[C@H](C)C(O)[C@H](O)[C@@H]1O. The molecule has 0 radical (unpaired) electrons. The lowest BCUT2D eigenvalue weighted by Gasteiger charge is -2.39. The van der Waals surface area contributed by atoms with Crippen molar-refractivity contribution in [3.05, 3.63) is 0 Å². The Morgan fingerprint density at radius 3 is 0.722 bits per heavy atom. The van der Waals surface area contributed by atoms with Crippen molar-refractivity contribution >= 4 is 0 Å². The van der Waals surface area contributed by atoms with Crippen LogP contribution in [0.3, 0.4) is 0 Å². The first-order valence-electron chi connectivity index (χ1n) is 12.8. The maximum Gasteiger partial charge on any atom is 0.111 e. The van der Waals surface area contributed by atoms with E-state index in [1.165, 1.54) is 0 Å². The van der Waals surface area contributed by atoms with E-state index in [1.54, 1.807) is 20.8 Å². The average Bonchev–Trinajstić information content (AvgIpc) is 2.87. The van der Waals surface area contributed by atoms with E-state index in [9.17, 15) is 46.0 Å². The zero-order valence-corrected chi connectivity index (χ0v) is 22.0. The van der Waals surface area contributed by atoms with Gasteiger partial charge >= 0.3 is 0 Å². The Bertz CT molecular complexity index is 517. The van der Waals surface area contributed by atoms with Gasteiger partial charge in [0.25, 0.3) is 0 Å². The van der Waals surface area contributed by atoms with Crippen molar-refractivity contribution in [1.29, 1.82) is 0 Å². The lowest BCUT2D eigenvalue weighted by atomic mass is 9.94. The number of hydrogen-bond donors (Lipinski definition) is 9. The van der Waals surface area contributed by atoms with Crippen molar-refractivity contribution < 1.29 is 60.2 Å². The summed E-state index contributed by atoms with van der Waals surface area (Å²) in [6.07, 6.45) is -9.53. The first-order chi connectivity index (χ1) is 16.7. The summed E-state index contributed by atoms with van der Waals surface area (Å²) in [7, 11) is 0. The molecule has 0 aliphatic carbocycles. The molecule has 3 fully saturated rings. The molecule has 0 aromatic carbocycles. The predicted octanol–water partition coefficient (Wildman–Crippen LogP) is -2.20. The van der Waals surface area contributed by atoms with E-state index < -0.39 is 73.2 Å². The van der Waals surface area contributed by atoms with Crippen molar-refractivity contribution in [2.45, 2.75) is 152 Å². The Balaban J connectivity index is 0.000000270. The molecule has 0 saturated carbocycles. The van der Waals surface area contributed by atoms with Crippen LogP contribution in [0, 0.1) is 0 Å². The molecule has 0 bridgehead atoms. The van der Waals surface area contributed by atoms with E-state index in [0.29, 0.717) is 19.3 Å². The summed E-state index contributed by atoms with van der Waals surface area (Å²) < 4.78 is 15.8. The molecule has 0 amide bonds. The molecule has 3 rings (SSSR count). The van der Waals surface area contributed by atoms with Crippen molar-refractivity contribution in [2.24, 2.45) is 0 Å². The average molecular weight is 529 g/mol. The molecular formula is C24H48O12. The van der Waals surface area contributed by atoms with Gasteiger partial charge in [-0.25, -0.2) is 0 Å². The highest BCUT2D eigenvalue weighted by atomic mass is 16.5. The van der Waals surface area contributed by atoms with Crippen molar-refractivity contribution in [1.82, 2.24) is 0 Å². The molecule has 3 aliphatic rings. The van der Waals surface area contributed by atoms with Crippen LogP contribution in [0.15, 0.2) is 0 Å². The van der Waals surface area contributed by atoms with Gasteiger partial charge < -0.3 is 60.2 Å². The van der Waals surface area contributed by atoms with Gasteiger partial charge in [0.05, 0.1) is 36.6 Å². The first-order valence-corrected chi connectivity index (χ1v) is 12.8. The number of aliphatic hydroxyl groups is 9. The highest BCUT2D eigenvalue weighted by molar-refractivity contribution is 4.91. The van der Waals surface area contributed by atoms with Gasteiger partial charge in [0, 0.05) is 0 Å². The molecule has 36 heavy (non-hydrogen) atoms. The smallest absolute Gasteiger partial charge is 0.111 e. The third kappa shape index (κ3) is 8.26. The zero-order chi connectivity index (χ0) is 27.9. The van der Waals surface area contributed by atoms with Crippen LogP contribution in [0.5, 0.6) is 0 Å².